The second-order valence-corrected chi connectivity index (χ2v) is 9.36. The van der Waals surface area contributed by atoms with E-state index >= 15 is 0 Å². The fourth-order valence-electron chi connectivity index (χ4n) is 2.20. The van der Waals surface area contributed by atoms with Crippen LogP contribution in [0.25, 0.3) is 0 Å². The Morgan fingerprint density at radius 3 is 2.32 bits per heavy atom. The molecule has 0 saturated carbocycles. The molecule has 0 spiro atoms. The molecule has 22 heavy (non-hydrogen) atoms. The average Bonchev–Trinajstić information content (AvgIpc) is 2.45. The Kier molecular flexibility index (Phi) is 5.60. The molecular weight excluding hydrogens is 326 g/mol. The maximum Gasteiger partial charge on any atom is 0.296 e. The van der Waals surface area contributed by atoms with Gasteiger partial charge in [0.15, 0.2) is 9.84 Å². The monoisotopic (exact) mass is 347 g/mol. The fourth-order valence-corrected chi connectivity index (χ4v) is 4.42. The third-order valence-electron chi connectivity index (χ3n) is 3.60. The highest BCUT2D eigenvalue weighted by Crippen LogP contribution is 2.13. The molecule has 1 heterocycles. The molecule has 0 bridgehead atoms. The van der Waals surface area contributed by atoms with Gasteiger partial charge in [0, 0.05) is 19.6 Å². The number of hydrogen-bond donors (Lipinski definition) is 0. The van der Waals surface area contributed by atoms with Crippen molar-refractivity contribution in [3.05, 3.63) is 29.8 Å². The van der Waals surface area contributed by atoms with Crippen molar-refractivity contribution in [2.75, 3.05) is 37.7 Å². The summed E-state index contributed by atoms with van der Waals surface area (Å²) < 4.78 is 51.6. The lowest BCUT2D eigenvalue weighted by atomic mass is 10.2. The minimum atomic E-state index is -3.71. The molecule has 2 rings (SSSR count). The number of rotatable bonds is 6. The summed E-state index contributed by atoms with van der Waals surface area (Å²) in [6.07, 6.45) is 0.547. The van der Waals surface area contributed by atoms with Gasteiger partial charge in [-0.05, 0) is 25.5 Å². The summed E-state index contributed by atoms with van der Waals surface area (Å²) in [5, 5.41) is 0. The van der Waals surface area contributed by atoms with Crippen LogP contribution in [0, 0.1) is 6.92 Å². The summed E-state index contributed by atoms with van der Waals surface area (Å²) in [6.45, 7) is 3.63. The average molecular weight is 347 g/mol. The van der Waals surface area contributed by atoms with Gasteiger partial charge in [0.05, 0.1) is 23.0 Å². The van der Waals surface area contributed by atoms with Crippen LogP contribution < -0.4 is 0 Å². The Labute approximate surface area is 132 Å². The molecule has 1 aromatic rings. The van der Waals surface area contributed by atoms with E-state index in [-0.39, 0.29) is 23.0 Å². The molecule has 0 unspecified atom stereocenters. The van der Waals surface area contributed by atoms with E-state index in [0.29, 0.717) is 26.1 Å². The van der Waals surface area contributed by atoms with Crippen molar-refractivity contribution < 1.29 is 21.0 Å². The smallest absolute Gasteiger partial charge is 0.296 e. The molecule has 1 fully saturated rings. The zero-order valence-electron chi connectivity index (χ0n) is 12.6. The van der Waals surface area contributed by atoms with Gasteiger partial charge in [0.1, 0.15) is 0 Å². The summed E-state index contributed by atoms with van der Waals surface area (Å²) >= 11 is 0. The lowest BCUT2D eigenvalue weighted by Gasteiger charge is -2.26. The Hall–Kier alpha value is -0.960. The summed E-state index contributed by atoms with van der Waals surface area (Å²) in [4.78, 5) is 2.17. The van der Waals surface area contributed by atoms with E-state index in [4.69, 9.17) is 4.18 Å². The van der Waals surface area contributed by atoms with E-state index in [2.05, 4.69) is 0 Å². The Morgan fingerprint density at radius 1 is 1.14 bits per heavy atom. The first kappa shape index (κ1) is 17.4. The van der Waals surface area contributed by atoms with Crippen molar-refractivity contribution in [2.24, 2.45) is 0 Å². The molecule has 1 saturated heterocycles. The topological polar surface area (TPSA) is 80.8 Å². The van der Waals surface area contributed by atoms with Crippen LogP contribution in [0.15, 0.2) is 29.2 Å². The van der Waals surface area contributed by atoms with E-state index in [1.807, 2.05) is 11.8 Å². The number of hydrogen-bond acceptors (Lipinski definition) is 6. The van der Waals surface area contributed by atoms with Gasteiger partial charge in [0.25, 0.3) is 10.1 Å². The van der Waals surface area contributed by atoms with Gasteiger partial charge in [-0.1, -0.05) is 17.7 Å². The lowest BCUT2D eigenvalue weighted by Crippen LogP contribution is -2.40. The van der Waals surface area contributed by atoms with Crippen molar-refractivity contribution in [3.63, 3.8) is 0 Å². The van der Waals surface area contributed by atoms with Crippen LogP contribution in [0.4, 0.5) is 0 Å². The van der Waals surface area contributed by atoms with Crippen LogP contribution in [-0.2, 0) is 24.1 Å². The zero-order valence-corrected chi connectivity index (χ0v) is 14.2. The molecule has 0 aromatic heterocycles. The van der Waals surface area contributed by atoms with E-state index in [9.17, 15) is 16.8 Å². The van der Waals surface area contributed by atoms with E-state index in [1.165, 1.54) is 12.1 Å². The van der Waals surface area contributed by atoms with Crippen LogP contribution in [0.1, 0.15) is 12.0 Å². The number of benzene rings is 1. The Morgan fingerprint density at radius 2 is 1.73 bits per heavy atom. The standard InChI is InChI=1S/C14H21NO5S2/c1-13-3-5-14(6-4-13)22(18,19)20-10-2-7-15-8-11-21(16,17)12-9-15/h3-6H,2,7-12H2,1H3. The van der Waals surface area contributed by atoms with E-state index in [0.717, 1.165) is 5.56 Å². The number of nitrogens with zero attached hydrogens (tertiary/aromatic N) is 1. The second kappa shape index (κ2) is 7.08. The van der Waals surface area contributed by atoms with E-state index in [1.54, 1.807) is 12.1 Å². The first-order chi connectivity index (χ1) is 10.3. The van der Waals surface area contributed by atoms with E-state index < -0.39 is 20.0 Å². The van der Waals surface area contributed by atoms with Gasteiger partial charge in [-0.3, -0.25) is 4.18 Å². The summed E-state index contributed by atoms with van der Waals surface area (Å²) in [6, 6.07) is 6.51. The van der Waals surface area contributed by atoms with Gasteiger partial charge in [-0.2, -0.15) is 8.42 Å². The molecule has 1 aliphatic heterocycles. The SMILES string of the molecule is Cc1ccc(S(=O)(=O)OCCCN2CCS(=O)(=O)CC2)cc1. The quantitative estimate of drug-likeness (QED) is 0.560. The summed E-state index contributed by atoms with van der Waals surface area (Å²) in [5.41, 5.74) is 0.985. The maximum absolute atomic E-state index is 12.0. The van der Waals surface area contributed by atoms with Gasteiger partial charge in [0.2, 0.25) is 0 Å². The molecule has 1 aromatic carbocycles. The second-order valence-electron chi connectivity index (χ2n) is 5.44. The number of aryl methyl sites for hydroxylation is 1. The summed E-state index contributed by atoms with van der Waals surface area (Å²) in [5.74, 6) is 0.352. The van der Waals surface area contributed by atoms with Crippen LogP contribution in [0.2, 0.25) is 0 Å². The largest absolute Gasteiger partial charge is 0.301 e. The normalized spacial score (nSPS) is 19.1. The molecular formula is C14H21NO5S2. The minimum absolute atomic E-state index is 0.0967. The molecule has 8 heteroatoms. The van der Waals surface area contributed by atoms with Crippen LogP contribution in [-0.4, -0.2) is 59.5 Å². The van der Waals surface area contributed by atoms with Crippen molar-refractivity contribution in [1.29, 1.82) is 0 Å². The zero-order chi connectivity index (χ0) is 16.2. The lowest BCUT2D eigenvalue weighted by molar-refractivity contribution is 0.248. The Balaban J connectivity index is 1.75. The highest BCUT2D eigenvalue weighted by atomic mass is 32.2. The van der Waals surface area contributed by atoms with Crippen LogP contribution >= 0.6 is 0 Å². The number of sulfone groups is 1. The van der Waals surface area contributed by atoms with Crippen LogP contribution in [0.5, 0.6) is 0 Å². The predicted octanol–water partition coefficient (Wildman–Crippen LogP) is 0.821. The molecule has 6 nitrogen and oxygen atoms in total. The summed E-state index contributed by atoms with van der Waals surface area (Å²) in [7, 11) is -6.59. The minimum Gasteiger partial charge on any atom is -0.301 e. The molecule has 1 aliphatic rings. The predicted molar refractivity (Wildman–Crippen MR) is 84.0 cm³/mol. The van der Waals surface area contributed by atoms with Gasteiger partial charge >= 0.3 is 0 Å². The van der Waals surface area contributed by atoms with Gasteiger partial charge in [-0.15, -0.1) is 0 Å². The molecule has 0 amide bonds. The van der Waals surface area contributed by atoms with Crippen molar-refractivity contribution in [1.82, 2.24) is 4.90 Å². The fraction of sp³-hybridized carbons (Fsp3) is 0.571. The molecule has 124 valence electrons. The molecule has 0 atom stereocenters. The third kappa shape index (κ3) is 5.05. The van der Waals surface area contributed by atoms with Crippen molar-refractivity contribution in [3.8, 4) is 0 Å². The molecule has 0 aliphatic carbocycles. The first-order valence-electron chi connectivity index (χ1n) is 7.17. The van der Waals surface area contributed by atoms with Crippen molar-refractivity contribution >= 4 is 20.0 Å². The van der Waals surface area contributed by atoms with Gasteiger partial charge < -0.3 is 4.90 Å². The highest BCUT2D eigenvalue weighted by molar-refractivity contribution is 7.91. The highest BCUT2D eigenvalue weighted by Gasteiger charge is 2.21. The Bertz CT molecular complexity index is 681. The molecule has 0 N–H and O–H groups in total. The van der Waals surface area contributed by atoms with Gasteiger partial charge in [-0.25, -0.2) is 8.42 Å². The van der Waals surface area contributed by atoms with Crippen molar-refractivity contribution in [2.45, 2.75) is 18.2 Å². The maximum atomic E-state index is 12.0. The third-order valence-corrected chi connectivity index (χ3v) is 6.54. The van der Waals surface area contributed by atoms with Crippen LogP contribution in [0.3, 0.4) is 0 Å². The first-order valence-corrected chi connectivity index (χ1v) is 10.4. The molecule has 0 radical (unpaired) electrons.